The van der Waals surface area contributed by atoms with Crippen molar-refractivity contribution in [2.45, 2.75) is 36.4 Å². The van der Waals surface area contributed by atoms with Crippen LogP contribution in [-0.2, 0) is 14.8 Å². The largest absolute Gasteiger partial charge is 0.481 e. The predicted octanol–water partition coefficient (Wildman–Crippen LogP) is 2.59. The second kappa shape index (κ2) is 6.06. The van der Waals surface area contributed by atoms with Gasteiger partial charge in [0.1, 0.15) is 22.6 Å². The predicted molar refractivity (Wildman–Crippen MR) is 90.3 cm³/mol. The van der Waals surface area contributed by atoms with Crippen molar-refractivity contribution in [1.29, 1.82) is 0 Å². The molecule has 2 aliphatic heterocycles. The Morgan fingerprint density at radius 1 is 1.25 bits per heavy atom. The maximum atomic E-state index is 14.1. The van der Waals surface area contributed by atoms with Crippen molar-refractivity contribution in [2.75, 3.05) is 16.8 Å². The fraction of sp³-hybridized carbons (Fsp3) is 0.500. The smallest absolute Gasteiger partial charge is 0.409 e. The van der Waals surface area contributed by atoms with Gasteiger partial charge in [0.2, 0.25) is 0 Å². The Hall–Kier alpha value is -2.37. The van der Waals surface area contributed by atoms with Crippen LogP contribution in [0.2, 0.25) is 0 Å². The minimum absolute atomic E-state index is 0.109. The van der Waals surface area contributed by atoms with Gasteiger partial charge in [-0.3, -0.25) is 4.79 Å². The van der Waals surface area contributed by atoms with Crippen LogP contribution in [-0.4, -0.2) is 44.1 Å². The molecule has 2 fully saturated rings. The molecule has 3 aliphatic rings. The van der Waals surface area contributed by atoms with Gasteiger partial charge in [-0.1, -0.05) is 0 Å². The Morgan fingerprint density at radius 2 is 1.93 bits per heavy atom. The maximum absolute atomic E-state index is 14.1. The van der Waals surface area contributed by atoms with Crippen molar-refractivity contribution in [1.82, 2.24) is 0 Å². The third-order valence-electron chi connectivity index (χ3n) is 5.12. The third-order valence-corrected chi connectivity index (χ3v) is 6.43. The summed E-state index contributed by atoms with van der Waals surface area (Å²) in [6, 6.07) is -0.911. The number of carboxylic acid groups (broad SMARTS) is 1. The highest BCUT2D eigenvalue weighted by molar-refractivity contribution is 7.90. The van der Waals surface area contributed by atoms with Crippen molar-refractivity contribution in [2.24, 2.45) is 16.2 Å². The first-order valence-electron chi connectivity index (χ1n) is 8.50. The molecule has 2 atom stereocenters. The standard InChI is InChI=1S/C16H15F4N3O4S/c17-8-5-10(23-4-3-9(15(24)25)13(23)16(18,19)20)12-11(6-8)28(26,27)22-14(21-12)7-1-2-7/h5-7,9,13H,1-4H2,(H,21,22)(H,24,25)/t9-,13+/m0/s1. The minimum atomic E-state index is -4.90. The molecule has 0 unspecified atom stereocenters. The summed E-state index contributed by atoms with van der Waals surface area (Å²) in [6.07, 6.45) is -3.84. The van der Waals surface area contributed by atoms with Gasteiger partial charge in [-0.15, -0.1) is 4.40 Å². The van der Waals surface area contributed by atoms with E-state index in [1.165, 1.54) is 0 Å². The molecule has 12 heteroatoms. The van der Waals surface area contributed by atoms with Crippen LogP contribution in [0.15, 0.2) is 21.4 Å². The van der Waals surface area contributed by atoms with E-state index in [9.17, 15) is 35.9 Å². The van der Waals surface area contributed by atoms with Crippen molar-refractivity contribution < 1.29 is 35.9 Å². The SMILES string of the molecule is O=C(O)[C@H]1CCN(c2cc(F)cc3c2NC(C2CC2)=NS3(=O)=O)[C@H]1C(F)(F)F. The molecule has 1 saturated carbocycles. The monoisotopic (exact) mass is 421 g/mol. The fourth-order valence-electron chi connectivity index (χ4n) is 3.71. The summed E-state index contributed by atoms with van der Waals surface area (Å²) < 4.78 is 83.6. The number of nitrogens with zero attached hydrogens (tertiary/aromatic N) is 2. The van der Waals surface area contributed by atoms with Crippen molar-refractivity contribution in [3.05, 3.63) is 17.9 Å². The van der Waals surface area contributed by atoms with Crippen LogP contribution in [0.25, 0.3) is 0 Å². The van der Waals surface area contributed by atoms with Gasteiger partial charge in [0.15, 0.2) is 0 Å². The number of hydrogen-bond acceptors (Lipinski definition) is 5. The topological polar surface area (TPSA) is 99.1 Å². The lowest BCUT2D eigenvalue weighted by Gasteiger charge is -2.33. The van der Waals surface area contributed by atoms with Gasteiger partial charge in [0.05, 0.1) is 17.3 Å². The number of hydrogen-bond donors (Lipinski definition) is 2. The molecule has 4 rings (SSSR count). The fourth-order valence-corrected chi connectivity index (χ4v) is 4.94. The molecule has 0 amide bonds. The highest BCUT2D eigenvalue weighted by atomic mass is 32.2. The molecule has 0 aromatic heterocycles. The van der Waals surface area contributed by atoms with Gasteiger partial charge in [0.25, 0.3) is 10.0 Å². The van der Waals surface area contributed by atoms with Crippen LogP contribution in [0.3, 0.4) is 0 Å². The number of anilines is 2. The van der Waals surface area contributed by atoms with Crippen LogP contribution in [0, 0.1) is 17.7 Å². The van der Waals surface area contributed by atoms with Crippen molar-refractivity contribution in [3.63, 3.8) is 0 Å². The van der Waals surface area contributed by atoms with Crippen LogP contribution >= 0.6 is 0 Å². The molecule has 7 nitrogen and oxygen atoms in total. The van der Waals surface area contributed by atoms with Gasteiger partial charge in [-0.05, 0) is 31.4 Å². The van der Waals surface area contributed by atoms with E-state index in [1.807, 2.05) is 0 Å². The van der Waals surface area contributed by atoms with E-state index in [1.54, 1.807) is 0 Å². The number of halogens is 4. The number of sulfonamides is 1. The number of benzene rings is 1. The van der Waals surface area contributed by atoms with E-state index < -0.39 is 44.8 Å². The number of amidine groups is 1. The quantitative estimate of drug-likeness (QED) is 0.728. The number of carboxylic acids is 1. The second-order valence-corrected chi connectivity index (χ2v) is 8.63. The highest BCUT2D eigenvalue weighted by Crippen LogP contribution is 2.46. The van der Waals surface area contributed by atoms with Gasteiger partial charge in [-0.2, -0.15) is 21.6 Å². The average Bonchev–Trinajstić information content (AvgIpc) is 3.30. The van der Waals surface area contributed by atoms with E-state index in [0.29, 0.717) is 18.9 Å². The number of nitrogens with one attached hydrogen (secondary N) is 1. The normalized spacial score (nSPS) is 26.4. The summed E-state index contributed by atoms with van der Waals surface area (Å²) in [7, 11) is -4.29. The third kappa shape index (κ3) is 3.09. The van der Waals surface area contributed by atoms with E-state index in [-0.39, 0.29) is 36.1 Å². The molecule has 2 heterocycles. The first-order chi connectivity index (χ1) is 13.0. The zero-order valence-electron chi connectivity index (χ0n) is 14.2. The molecular formula is C16H15F4N3O4S. The van der Waals surface area contributed by atoms with Gasteiger partial charge < -0.3 is 15.3 Å². The van der Waals surface area contributed by atoms with Crippen LogP contribution in [0.5, 0.6) is 0 Å². The van der Waals surface area contributed by atoms with Gasteiger partial charge >= 0.3 is 12.1 Å². The Morgan fingerprint density at radius 3 is 2.50 bits per heavy atom. The highest BCUT2D eigenvalue weighted by Gasteiger charge is 2.55. The summed E-state index contributed by atoms with van der Waals surface area (Å²) in [6.45, 7) is -0.311. The lowest BCUT2D eigenvalue weighted by molar-refractivity contribution is -0.169. The Labute approximate surface area is 157 Å². The Kier molecular flexibility index (Phi) is 4.11. The summed E-state index contributed by atoms with van der Waals surface area (Å²) in [5.41, 5.74) is -0.531. The first-order valence-corrected chi connectivity index (χ1v) is 9.94. The first kappa shape index (κ1) is 19.0. The minimum Gasteiger partial charge on any atom is -0.481 e. The van der Waals surface area contributed by atoms with E-state index in [2.05, 4.69) is 9.71 Å². The second-order valence-electron chi connectivity index (χ2n) is 7.06. The summed E-state index contributed by atoms with van der Waals surface area (Å²) in [4.78, 5) is 11.5. The van der Waals surface area contributed by atoms with Crippen molar-refractivity contribution in [3.8, 4) is 0 Å². The van der Waals surface area contributed by atoms with Gasteiger partial charge in [0, 0.05) is 12.5 Å². The van der Waals surface area contributed by atoms with Gasteiger partial charge in [-0.25, -0.2) is 4.39 Å². The summed E-state index contributed by atoms with van der Waals surface area (Å²) >= 11 is 0. The summed E-state index contributed by atoms with van der Waals surface area (Å²) in [5.74, 6) is -4.45. The average molecular weight is 421 g/mol. The number of carbonyl (C=O) groups is 1. The number of aliphatic carboxylic acids is 1. The van der Waals surface area contributed by atoms with Crippen molar-refractivity contribution >= 4 is 33.2 Å². The molecule has 0 spiro atoms. The molecule has 0 radical (unpaired) electrons. The van der Waals surface area contributed by atoms with Crippen LogP contribution in [0.4, 0.5) is 28.9 Å². The number of fused-ring (bicyclic) bond motifs is 1. The van der Waals surface area contributed by atoms with E-state index in [0.717, 1.165) is 11.0 Å². The zero-order valence-corrected chi connectivity index (χ0v) is 15.0. The number of alkyl halides is 3. The molecule has 1 aliphatic carbocycles. The molecule has 2 N–H and O–H groups in total. The molecule has 1 aromatic rings. The lowest BCUT2D eigenvalue weighted by atomic mass is 10.00. The van der Waals surface area contributed by atoms with Crippen LogP contribution < -0.4 is 10.2 Å². The summed E-state index contributed by atoms with van der Waals surface area (Å²) in [5, 5.41) is 11.9. The Bertz CT molecular complexity index is 988. The zero-order chi connectivity index (χ0) is 20.4. The van der Waals surface area contributed by atoms with E-state index >= 15 is 0 Å². The Balaban J connectivity index is 1.86. The lowest BCUT2D eigenvalue weighted by Crippen LogP contribution is -2.47. The molecule has 0 bridgehead atoms. The number of rotatable bonds is 3. The molecule has 1 aromatic carbocycles. The maximum Gasteiger partial charge on any atom is 0.409 e. The van der Waals surface area contributed by atoms with E-state index in [4.69, 9.17) is 0 Å². The molecule has 28 heavy (non-hydrogen) atoms. The molecular weight excluding hydrogens is 406 g/mol. The van der Waals surface area contributed by atoms with Crippen LogP contribution in [0.1, 0.15) is 19.3 Å². The molecule has 1 saturated heterocycles. The molecule has 152 valence electrons.